The van der Waals surface area contributed by atoms with Gasteiger partial charge in [-0.15, -0.1) is 0 Å². The molecule has 0 saturated carbocycles. The summed E-state index contributed by atoms with van der Waals surface area (Å²) in [5, 5.41) is 14.6. The Morgan fingerprint density at radius 2 is 1.65 bits per heavy atom. The van der Waals surface area contributed by atoms with Gasteiger partial charge >= 0.3 is 18.2 Å². The van der Waals surface area contributed by atoms with E-state index in [0.29, 0.717) is 25.2 Å². The number of nitrogens with zero attached hydrogens (tertiary/aromatic N) is 2. The first-order valence-electron chi connectivity index (χ1n) is 22.5. The van der Waals surface area contributed by atoms with Crippen molar-refractivity contribution in [2.24, 2.45) is 22.7 Å². The predicted molar refractivity (Wildman–Crippen MR) is 229 cm³/mol. The molecule has 5 aliphatic rings. The summed E-state index contributed by atoms with van der Waals surface area (Å²) in [4.78, 5) is 47.6. The summed E-state index contributed by atoms with van der Waals surface area (Å²) in [7, 11) is 5.35. The smallest absolute Gasteiger partial charge is 0.472 e. The SMILES string of the molecule is CC[C@H]1OC(=O)[C@H](C)[C@@H](O[C@H]2C[C@@](C)(OC)[C@@H](OC(=O)NCc3ccccc3)[C@H](C)O2)[C@H](C)[C@@H](O[C@@H]2O[C@H](C)C[C@H](N(C)C)[C@H]2O)[C@]2(C)C[C@@H](C)C(=N[C@H](C)[C@H]3OC(=O)O[C@]31C)O2. The zero-order chi connectivity index (χ0) is 46.2. The number of hydrogen-bond acceptors (Lipinski definition) is 16. The molecule has 2 N–H and O–H groups in total. The molecule has 0 unspecified atom stereocenters. The standard InChI is InChI=1S/C46H71N3O14/c1-14-32-46(10)37(61-43(53)63-46)28(6)48-39-24(2)21-45(9,62-39)36(59-41-34(50)31(49(11)12)20-25(3)55-41)26(4)35(27(5)40(51)57-32)58-33-22-44(8,54-13)38(29(7)56-33)60-42(52)47-23-30-18-16-15-17-19-30/h15-19,24-29,31-38,41,50H,14,20-23H2,1-13H3,(H,47,52)/t24-,25-,26+,27-,28-,29+,31+,32-,33+,34-,35+,36-,37-,38+,41+,44-,45+,46+/m1/s1. The molecule has 2 bridgehead atoms. The van der Waals surface area contributed by atoms with Crippen LogP contribution in [0.1, 0.15) is 100 Å². The van der Waals surface area contributed by atoms with Crippen LogP contribution in [0.15, 0.2) is 35.3 Å². The molecule has 5 aliphatic heterocycles. The Hall–Kier alpha value is -3.58. The molecule has 4 saturated heterocycles. The Morgan fingerprint density at radius 3 is 2.30 bits per heavy atom. The van der Waals surface area contributed by atoms with Crippen LogP contribution >= 0.6 is 0 Å². The molecule has 1 aromatic carbocycles. The molecular weight excluding hydrogens is 819 g/mol. The van der Waals surface area contributed by atoms with Crippen molar-refractivity contribution in [3.63, 3.8) is 0 Å². The van der Waals surface area contributed by atoms with Gasteiger partial charge in [0.25, 0.3) is 0 Å². The van der Waals surface area contributed by atoms with Gasteiger partial charge in [-0.2, -0.15) is 0 Å². The zero-order valence-corrected chi connectivity index (χ0v) is 39.2. The van der Waals surface area contributed by atoms with Crippen molar-refractivity contribution in [3.8, 4) is 0 Å². The maximum absolute atomic E-state index is 14.6. The Balaban J connectivity index is 1.36. The predicted octanol–water partition coefficient (Wildman–Crippen LogP) is 5.52. The molecule has 18 atom stereocenters. The number of cyclic esters (lactones) is 1. The van der Waals surface area contributed by atoms with Gasteiger partial charge < -0.3 is 62.7 Å². The van der Waals surface area contributed by atoms with Crippen molar-refractivity contribution in [2.45, 2.75) is 192 Å². The Bertz CT molecular complexity index is 1790. The second-order valence-corrected chi connectivity index (χ2v) is 19.2. The normalized spacial score (nSPS) is 43.3. The first kappa shape index (κ1) is 48.9. The largest absolute Gasteiger partial charge is 0.509 e. The minimum Gasteiger partial charge on any atom is -0.472 e. The van der Waals surface area contributed by atoms with E-state index in [1.54, 1.807) is 20.8 Å². The fourth-order valence-corrected chi connectivity index (χ4v) is 10.4. The lowest BCUT2D eigenvalue weighted by molar-refractivity contribution is -0.315. The fraction of sp³-hybridized carbons (Fsp3) is 0.783. The monoisotopic (exact) mass is 889 g/mol. The number of nitrogens with one attached hydrogen (secondary N) is 1. The third kappa shape index (κ3) is 10.3. The lowest BCUT2D eigenvalue weighted by Gasteiger charge is -2.49. The molecule has 1 aromatic rings. The summed E-state index contributed by atoms with van der Waals surface area (Å²) in [6.07, 6.45) is -8.66. The van der Waals surface area contributed by atoms with Crippen LogP contribution < -0.4 is 5.32 Å². The number of alkyl carbamates (subject to hydrolysis) is 1. The van der Waals surface area contributed by atoms with Crippen molar-refractivity contribution in [3.05, 3.63) is 35.9 Å². The topological polar surface area (TPSA) is 191 Å². The molecule has 6 rings (SSSR count). The van der Waals surface area contributed by atoms with Crippen LogP contribution in [0.3, 0.4) is 0 Å². The van der Waals surface area contributed by atoms with Crippen LogP contribution in [0.4, 0.5) is 9.59 Å². The van der Waals surface area contributed by atoms with Gasteiger partial charge in [-0.3, -0.25) is 4.79 Å². The summed E-state index contributed by atoms with van der Waals surface area (Å²) < 4.78 is 63.6. The number of aliphatic hydroxyl groups excluding tert-OH is 1. The average molecular weight is 890 g/mol. The summed E-state index contributed by atoms with van der Waals surface area (Å²) in [5.74, 6) is -2.04. The molecule has 0 spiro atoms. The van der Waals surface area contributed by atoms with Gasteiger partial charge in [-0.25, -0.2) is 14.6 Å². The van der Waals surface area contributed by atoms with Gasteiger partial charge in [-0.1, -0.05) is 51.1 Å². The number of aliphatic hydroxyl groups is 1. The van der Waals surface area contributed by atoms with Crippen molar-refractivity contribution in [1.29, 1.82) is 0 Å². The number of esters is 1. The van der Waals surface area contributed by atoms with E-state index in [9.17, 15) is 19.5 Å². The molecule has 0 aromatic heterocycles. The van der Waals surface area contributed by atoms with Crippen LogP contribution in [0.2, 0.25) is 0 Å². The number of rotatable bonds is 10. The quantitative estimate of drug-likeness (QED) is 0.220. The summed E-state index contributed by atoms with van der Waals surface area (Å²) >= 11 is 0. The highest BCUT2D eigenvalue weighted by molar-refractivity contribution is 5.81. The van der Waals surface area contributed by atoms with Crippen molar-refractivity contribution in [1.82, 2.24) is 10.2 Å². The molecule has 63 heavy (non-hydrogen) atoms. The van der Waals surface area contributed by atoms with Gasteiger partial charge in [0, 0.05) is 44.4 Å². The minimum absolute atomic E-state index is 0.109. The molecular formula is C46H71N3O14. The number of hydrogen-bond donors (Lipinski definition) is 2. The Labute approximate surface area is 372 Å². The van der Waals surface area contributed by atoms with Crippen LogP contribution in [0.25, 0.3) is 0 Å². The van der Waals surface area contributed by atoms with Gasteiger partial charge in [0.2, 0.25) is 0 Å². The van der Waals surface area contributed by atoms with E-state index in [2.05, 4.69) is 5.32 Å². The van der Waals surface area contributed by atoms with E-state index in [1.807, 2.05) is 97.8 Å². The molecule has 17 heteroatoms. The molecule has 1 amide bonds. The number of carbonyl (C=O) groups is 3. The van der Waals surface area contributed by atoms with Crippen LogP contribution in [-0.2, 0) is 58.7 Å². The molecule has 5 heterocycles. The number of carbonyl (C=O) groups excluding carboxylic acids is 3. The highest BCUT2D eigenvalue weighted by Crippen LogP contribution is 2.45. The van der Waals surface area contributed by atoms with E-state index in [1.165, 1.54) is 7.11 Å². The fourth-order valence-electron chi connectivity index (χ4n) is 10.4. The Morgan fingerprint density at radius 1 is 0.952 bits per heavy atom. The van der Waals surface area contributed by atoms with E-state index in [0.717, 1.165) is 5.56 Å². The number of fused-ring (bicyclic) bond motifs is 3. The highest BCUT2D eigenvalue weighted by Gasteiger charge is 2.59. The lowest BCUT2D eigenvalue weighted by Crippen LogP contribution is -2.61. The van der Waals surface area contributed by atoms with Crippen LogP contribution in [0, 0.1) is 17.8 Å². The van der Waals surface area contributed by atoms with Crippen LogP contribution in [0.5, 0.6) is 0 Å². The minimum atomic E-state index is -1.38. The third-order valence-corrected chi connectivity index (χ3v) is 13.9. The molecule has 4 fully saturated rings. The number of likely N-dealkylation sites (N-methyl/N-ethyl adjacent to an activating group) is 1. The average Bonchev–Trinajstić information content (AvgIpc) is 3.71. The Kier molecular flexibility index (Phi) is 15.1. The van der Waals surface area contributed by atoms with Crippen molar-refractivity contribution < 1.29 is 66.9 Å². The molecule has 17 nitrogen and oxygen atoms in total. The number of aliphatic imine (C=N–C) groups is 1. The summed E-state index contributed by atoms with van der Waals surface area (Å²) in [6, 6.07) is 8.59. The lowest BCUT2D eigenvalue weighted by atomic mass is 9.79. The molecule has 0 radical (unpaired) electrons. The summed E-state index contributed by atoms with van der Waals surface area (Å²) in [6.45, 7) is 18.7. The summed E-state index contributed by atoms with van der Waals surface area (Å²) in [5.41, 5.74) is -2.66. The van der Waals surface area contributed by atoms with Gasteiger partial charge in [-0.05, 0) is 81.0 Å². The molecule has 354 valence electrons. The molecule has 0 aliphatic carbocycles. The number of amides is 1. The zero-order valence-electron chi connectivity index (χ0n) is 39.2. The van der Waals surface area contributed by atoms with Gasteiger partial charge in [0.1, 0.15) is 29.5 Å². The maximum Gasteiger partial charge on any atom is 0.509 e. The van der Waals surface area contributed by atoms with E-state index >= 15 is 0 Å². The van der Waals surface area contributed by atoms with Gasteiger partial charge in [0.15, 0.2) is 36.3 Å². The van der Waals surface area contributed by atoms with E-state index in [-0.39, 0.29) is 31.0 Å². The van der Waals surface area contributed by atoms with Gasteiger partial charge in [0.05, 0.1) is 30.3 Å². The first-order chi connectivity index (χ1) is 29.6. The maximum atomic E-state index is 14.6. The number of benzene rings is 1. The second-order valence-electron chi connectivity index (χ2n) is 19.2. The number of methoxy groups -OCH3 is 1. The highest BCUT2D eigenvalue weighted by atomic mass is 16.8. The van der Waals surface area contributed by atoms with Crippen LogP contribution in [-0.4, -0.2) is 146 Å². The van der Waals surface area contributed by atoms with Crippen molar-refractivity contribution >= 4 is 24.1 Å². The number of ether oxygens (including phenoxy) is 10. The van der Waals surface area contributed by atoms with E-state index < -0.39 is 108 Å². The first-order valence-corrected chi connectivity index (χ1v) is 22.5. The third-order valence-electron chi connectivity index (χ3n) is 13.9. The second kappa shape index (κ2) is 19.5. The van der Waals surface area contributed by atoms with E-state index in [4.69, 9.17) is 52.4 Å². The van der Waals surface area contributed by atoms with Crippen molar-refractivity contribution in [2.75, 3.05) is 21.2 Å².